The van der Waals surface area contributed by atoms with Gasteiger partial charge in [0.25, 0.3) is 0 Å². The standard InChI is InChI=1S/C6H13NO.C5H11NO2.2C5H11NO.C4H9NO.C3H7NO.C3H6O2.C2H5NO.C2H4O.CH5O4P.CH2O3/c1-5(2)3-6(7)4-8;1-6(2)4-5(7)8-3;1-5(2)6-3-4-7;1-2-3-6-4-5-7;1-5(2)3-4-6;1-4-2-3-5;1-3(4)5-2;3-1-2-4;1-2-3;1-5-6(2,3)4;2-1(3)4/h4-6H,3,7H2,1-2H3;4H2,1-3H3;4-6H,3H2,1-2H3;5-6H,2-4H2,1H3;4H,3H2,1-2H3;3-4H,2H2,1H3;1-2H3;2H,1,3H2;2H,1H3;1H3,(H2,2,3,4);(H2,2,3,4)/t6-;;;;;;;;;;/m0........../s1. The third kappa shape index (κ3) is 251. The molecule has 0 amide bonds. The summed E-state index contributed by atoms with van der Waals surface area (Å²) in [4.78, 5) is 113. The summed E-state index contributed by atoms with van der Waals surface area (Å²) in [5.41, 5.74) is 9.97. The third-order valence-electron chi connectivity index (χ3n) is 4.20. The van der Waals surface area contributed by atoms with E-state index in [0.717, 1.165) is 64.2 Å². The maximum atomic E-state index is 10.4. The molecule has 0 fully saturated rings. The van der Waals surface area contributed by atoms with Crippen LogP contribution >= 0.6 is 7.82 Å². The first-order chi connectivity index (χ1) is 29.1. The highest BCUT2D eigenvalue weighted by atomic mass is 31.2. The first-order valence-electron chi connectivity index (χ1n) is 18.6. The number of phosphoric ester groups is 1. The molecule has 0 aromatic carbocycles. The second-order valence-electron chi connectivity index (χ2n) is 11.8. The van der Waals surface area contributed by atoms with E-state index in [1.54, 1.807) is 11.9 Å². The number of carbonyl (C=O) groups excluding carboxylic acids is 9. The van der Waals surface area contributed by atoms with Crippen LogP contribution in [0.3, 0.4) is 0 Å². The van der Waals surface area contributed by atoms with Gasteiger partial charge in [0.1, 0.15) is 44.0 Å². The number of aldehydes is 7. The molecule has 0 aliphatic heterocycles. The largest absolute Gasteiger partial charge is 0.503 e. The van der Waals surface area contributed by atoms with E-state index in [2.05, 4.69) is 42.6 Å². The lowest BCUT2D eigenvalue weighted by atomic mass is 10.1. The first kappa shape index (κ1) is 85.9. The Hall–Kier alpha value is -4.27. The number of carboxylic acid groups (broad SMARTS) is 2. The summed E-state index contributed by atoms with van der Waals surface area (Å²) in [5, 5.41) is 22.4. The molecule has 0 bridgehead atoms. The zero-order valence-corrected chi connectivity index (χ0v) is 41.0. The molecule has 25 nitrogen and oxygen atoms in total. The van der Waals surface area contributed by atoms with Gasteiger partial charge < -0.3 is 95.4 Å². The van der Waals surface area contributed by atoms with Crippen molar-refractivity contribution in [3.8, 4) is 0 Å². The van der Waals surface area contributed by atoms with Gasteiger partial charge in [-0.05, 0) is 67.5 Å². The Morgan fingerprint density at radius 1 is 0.778 bits per heavy atom. The highest BCUT2D eigenvalue weighted by Gasteiger charge is 2.07. The number of phosphoric acid groups is 1. The monoisotopic (exact) mass is 946 g/mol. The lowest BCUT2D eigenvalue weighted by Crippen LogP contribution is -2.24. The van der Waals surface area contributed by atoms with Crippen molar-refractivity contribution in [2.24, 2.45) is 17.4 Å². The Kier molecular flexibility index (Phi) is 111. The number of rotatable bonds is 18. The molecule has 0 spiro atoms. The first-order valence-corrected chi connectivity index (χ1v) is 20.1. The van der Waals surface area contributed by atoms with E-state index in [9.17, 15) is 38.1 Å². The molecule has 0 aliphatic carbocycles. The zero-order valence-electron chi connectivity index (χ0n) is 40.1. The Morgan fingerprint density at radius 2 is 1.16 bits per heavy atom. The quantitative estimate of drug-likeness (QED) is 0.0354. The topological polar surface area (TPSA) is 391 Å². The number of nitrogens with two attached hydrogens (primary N) is 2. The van der Waals surface area contributed by atoms with Crippen molar-refractivity contribution in [3.63, 3.8) is 0 Å². The van der Waals surface area contributed by atoms with E-state index >= 15 is 0 Å². The summed E-state index contributed by atoms with van der Waals surface area (Å²) >= 11 is 0. The van der Waals surface area contributed by atoms with Crippen LogP contribution < -0.4 is 27.4 Å². The molecular formula is C37H84N7O18P. The van der Waals surface area contributed by atoms with Crippen LogP contribution in [0.2, 0.25) is 0 Å². The number of hydrogen-bond acceptors (Lipinski definition) is 21. The second kappa shape index (κ2) is 81.6. The van der Waals surface area contributed by atoms with E-state index in [-0.39, 0.29) is 24.5 Å². The molecule has 0 heterocycles. The van der Waals surface area contributed by atoms with Crippen LogP contribution in [0.1, 0.15) is 61.3 Å². The average Bonchev–Trinajstić information content (AvgIpc) is 3.18. The molecule has 0 unspecified atom stereocenters. The molecule has 0 rings (SSSR count). The van der Waals surface area contributed by atoms with Crippen molar-refractivity contribution in [3.05, 3.63) is 0 Å². The van der Waals surface area contributed by atoms with Crippen LogP contribution in [0.25, 0.3) is 0 Å². The summed E-state index contributed by atoms with van der Waals surface area (Å²) in [7, 11) is 8.60. The number of carbonyl (C=O) groups is 10. The second-order valence-corrected chi connectivity index (χ2v) is 13.1. The van der Waals surface area contributed by atoms with Gasteiger partial charge in [-0.3, -0.25) is 19.0 Å². The predicted molar refractivity (Wildman–Crippen MR) is 241 cm³/mol. The number of nitrogens with one attached hydrogen (secondary N) is 3. The van der Waals surface area contributed by atoms with Crippen LogP contribution in [0.4, 0.5) is 4.79 Å². The van der Waals surface area contributed by atoms with E-state index in [1.165, 1.54) is 28.1 Å². The fraction of sp³-hybridized carbons (Fsp3) is 0.730. The molecule has 0 radical (unpaired) electrons. The van der Waals surface area contributed by atoms with E-state index in [4.69, 9.17) is 40.1 Å². The maximum Gasteiger partial charge on any atom is 0.503 e. The van der Waals surface area contributed by atoms with Crippen molar-refractivity contribution >= 4 is 69.9 Å². The molecule has 380 valence electrons. The Balaban J connectivity index is -0.0000000530. The number of esters is 2. The predicted octanol–water partition coefficient (Wildman–Crippen LogP) is -0.724. The number of nitrogens with zero attached hydrogens (tertiary/aromatic N) is 2. The van der Waals surface area contributed by atoms with Gasteiger partial charge in [0.05, 0.1) is 53.0 Å². The van der Waals surface area contributed by atoms with Gasteiger partial charge in [0.2, 0.25) is 0 Å². The van der Waals surface area contributed by atoms with Gasteiger partial charge in [0.15, 0.2) is 0 Å². The average molecular weight is 946 g/mol. The van der Waals surface area contributed by atoms with Crippen LogP contribution in [0.15, 0.2) is 0 Å². The number of likely N-dealkylation sites (N-methyl/N-ethyl adjacent to an activating group) is 3. The maximum absolute atomic E-state index is 10.4. The highest BCUT2D eigenvalue weighted by molar-refractivity contribution is 7.46. The Morgan fingerprint density at radius 3 is 1.25 bits per heavy atom. The minimum Gasteiger partial charge on any atom is -0.469 e. The Bertz CT molecular complexity index is 1040. The summed E-state index contributed by atoms with van der Waals surface area (Å²) in [6.07, 6.45) is 5.67. The normalized spacial score (nSPS) is 9.13. The molecule has 63 heavy (non-hydrogen) atoms. The summed E-state index contributed by atoms with van der Waals surface area (Å²) in [6.45, 7) is 16.4. The van der Waals surface area contributed by atoms with Gasteiger partial charge >= 0.3 is 25.9 Å². The zero-order chi connectivity index (χ0) is 52.7. The SMILES string of the molecule is CC(C)C[C@H](N)C=O.CC(C)NCC=O.CC=O.CCCNCC=O.CN(C)CC=O.CNCC=O.COC(=O)CN(C)C.COC(C)=O.COP(=O)(O)O.NCC=O.O=C(O)O. The molecule has 0 saturated heterocycles. The van der Waals surface area contributed by atoms with Crippen molar-refractivity contribution in [1.82, 2.24) is 25.8 Å². The minimum absolute atomic E-state index is 0.139. The summed E-state index contributed by atoms with van der Waals surface area (Å²) in [6, 6.07) is 0.167. The number of methoxy groups -OCH3 is 2. The lowest BCUT2D eigenvalue weighted by Gasteiger charge is -2.05. The van der Waals surface area contributed by atoms with E-state index < -0.39 is 14.0 Å². The van der Waals surface area contributed by atoms with Crippen molar-refractivity contribution < 1.29 is 86.5 Å². The van der Waals surface area contributed by atoms with Gasteiger partial charge in [-0.1, -0.05) is 34.6 Å². The fourth-order valence-electron chi connectivity index (χ4n) is 1.78. The molecule has 0 saturated carbocycles. The Labute approximate surface area is 374 Å². The van der Waals surface area contributed by atoms with Crippen molar-refractivity contribution in [1.29, 1.82) is 0 Å². The fourth-order valence-corrected chi connectivity index (χ4v) is 1.78. The van der Waals surface area contributed by atoms with E-state index in [1.807, 2.05) is 60.8 Å². The molecule has 0 aromatic heterocycles. The van der Waals surface area contributed by atoms with Crippen LogP contribution in [-0.4, -0.2) is 206 Å². The van der Waals surface area contributed by atoms with Gasteiger partial charge in [-0.25, -0.2) is 9.36 Å². The summed E-state index contributed by atoms with van der Waals surface area (Å²) < 4.78 is 21.6. The van der Waals surface area contributed by atoms with Crippen molar-refractivity contribution in [2.45, 2.75) is 73.4 Å². The molecule has 26 heteroatoms. The van der Waals surface area contributed by atoms with Crippen molar-refractivity contribution in [2.75, 3.05) is 102 Å². The lowest BCUT2D eigenvalue weighted by molar-refractivity contribution is -0.141. The number of ether oxygens (including phenoxy) is 2. The van der Waals surface area contributed by atoms with Crippen LogP contribution in [0.5, 0.6) is 0 Å². The smallest absolute Gasteiger partial charge is 0.469 e. The molecule has 1 atom stereocenters. The molecule has 11 N–H and O–H groups in total. The van der Waals surface area contributed by atoms with Crippen LogP contribution in [-0.2, 0) is 61.7 Å². The van der Waals surface area contributed by atoms with E-state index in [0.29, 0.717) is 51.0 Å². The number of hydrogen-bond donors (Lipinski definition) is 9. The summed E-state index contributed by atoms with van der Waals surface area (Å²) in [5.74, 6) is 0.0789. The van der Waals surface area contributed by atoms with Gasteiger partial charge in [-0.15, -0.1) is 0 Å². The van der Waals surface area contributed by atoms with Gasteiger partial charge in [0, 0.05) is 26.6 Å². The highest BCUT2D eigenvalue weighted by Crippen LogP contribution is 2.33. The molecular weight excluding hydrogens is 861 g/mol. The molecule has 0 aromatic rings. The minimum atomic E-state index is -4.15. The third-order valence-corrected chi connectivity index (χ3v) is 4.68. The van der Waals surface area contributed by atoms with Gasteiger partial charge in [-0.2, -0.15) is 0 Å². The molecule has 0 aliphatic rings. The van der Waals surface area contributed by atoms with Crippen LogP contribution in [0, 0.1) is 5.92 Å².